The van der Waals surface area contributed by atoms with E-state index in [1.54, 1.807) is 41.0 Å². The predicted octanol–water partition coefficient (Wildman–Crippen LogP) is 3.45. The first-order chi connectivity index (χ1) is 13.6. The van der Waals surface area contributed by atoms with Gasteiger partial charge in [-0.1, -0.05) is 35.9 Å². The van der Waals surface area contributed by atoms with E-state index in [2.05, 4.69) is 5.32 Å². The third kappa shape index (κ3) is 5.16. The largest absolute Gasteiger partial charge is 0.401 e. The molecule has 3 rings (SSSR count). The maximum Gasteiger partial charge on any atom is 0.401 e. The van der Waals surface area contributed by atoms with Gasteiger partial charge in [0, 0.05) is 29.7 Å². The number of hydrogen-bond acceptors (Lipinski definition) is 3. The van der Waals surface area contributed by atoms with Crippen LogP contribution >= 0.6 is 11.6 Å². The average molecular weight is 424 g/mol. The van der Waals surface area contributed by atoms with Crippen LogP contribution in [0.3, 0.4) is 0 Å². The molecule has 0 atom stereocenters. The van der Waals surface area contributed by atoms with E-state index >= 15 is 0 Å². The van der Waals surface area contributed by atoms with Gasteiger partial charge in [-0.15, -0.1) is 0 Å². The number of rotatable bonds is 6. The van der Waals surface area contributed by atoms with Crippen molar-refractivity contribution in [1.29, 1.82) is 0 Å². The zero-order valence-corrected chi connectivity index (χ0v) is 15.8. The Morgan fingerprint density at radius 1 is 1.10 bits per heavy atom. The molecule has 2 aromatic carbocycles. The molecule has 0 aliphatic rings. The molecule has 3 N–H and O–H groups in total. The second kappa shape index (κ2) is 8.26. The number of nitrogens with zero attached hydrogens (tertiary/aromatic N) is 1. The van der Waals surface area contributed by atoms with Crippen LogP contribution in [-0.2, 0) is 13.1 Å². The van der Waals surface area contributed by atoms with Crippen LogP contribution in [0.5, 0.6) is 0 Å². The molecule has 1 heterocycles. The molecule has 3 aromatic rings. The normalized spacial score (nSPS) is 11.7. The fourth-order valence-corrected chi connectivity index (χ4v) is 3.16. The van der Waals surface area contributed by atoms with Crippen molar-refractivity contribution in [2.45, 2.75) is 19.3 Å². The molecule has 1 aromatic heterocycles. The SMILES string of the molecule is NC(=O)c1cn(Cc2ccc(CNCC(F)(F)F)cc2)c2ccc(Cl)cc2c1=O. The van der Waals surface area contributed by atoms with Crippen molar-refractivity contribution in [3.63, 3.8) is 0 Å². The van der Waals surface area contributed by atoms with Gasteiger partial charge in [-0.3, -0.25) is 9.59 Å². The van der Waals surface area contributed by atoms with Crippen molar-refractivity contribution >= 4 is 28.4 Å². The van der Waals surface area contributed by atoms with E-state index in [-0.39, 0.29) is 17.5 Å². The summed E-state index contributed by atoms with van der Waals surface area (Å²) in [6.07, 6.45) is -2.86. The van der Waals surface area contributed by atoms with Crippen molar-refractivity contribution in [3.8, 4) is 0 Å². The monoisotopic (exact) mass is 423 g/mol. The topological polar surface area (TPSA) is 77.1 Å². The van der Waals surface area contributed by atoms with Gasteiger partial charge in [0.2, 0.25) is 5.43 Å². The summed E-state index contributed by atoms with van der Waals surface area (Å²) in [5.74, 6) is -0.836. The molecular formula is C20H17ClF3N3O2. The lowest BCUT2D eigenvalue weighted by molar-refractivity contribution is -0.125. The highest BCUT2D eigenvalue weighted by Gasteiger charge is 2.26. The summed E-state index contributed by atoms with van der Waals surface area (Å²) < 4.78 is 38.3. The second-order valence-electron chi connectivity index (χ2n) is 6.56. The van der Waals surface area contributed by atoms with Crippen molar-refractivity contribution in [2.75, 3.05) is 6.54 Å². The van der Waals surface area contributed by atoms with Gasteiger partial charge in [-0.05, 0) is 29.3 Å². The molecule has 0 radical (unpaired) electrons. The number of primary amides is 1. The number of nitrogens with two attached hydrogens (primary N) is 1. The molecule has 0 saturated heterocycles. The first-order valence-electron chi connectivity index (χ1n) is 8.62. The average Bonchev–Trinajstić information content (AvgIpc) is 2.64. The van der Waals surface area contributed by atoms with E-state index < -0.39 is 24.1 Å². The molecule has 0 aliphatic carbocycles. The minimum Gasteiger partial charge on any atom is -0.365 e. The fraction of sp³-hybridized carbons (Fsp3) is 0.200. The number of carbonyl (C=O) groups is 1. The van der Waals surface area contributed by atoms with Gasteiger partial charge in [0.25, 0.3) is 5.91 Å². The summed E-state index contributed by atoms with van der Waals surface area (Å²) in [5, 5.41) is 2.98. The lowest BCUT2D eigenvalue weighted by Gasteiger charge is -2.14. The highest BCUT2D eigenvalue weighted by molar-refractivity contribution is 6.31. The Kier molecular flexibility index (Phi) is 5.95. The lowest BCUT2D eigenvalue weighted by Crippen LogP contribution is -2.28. The van der Waals surface area contributed by atoms with Crippen molar-refractivity contribution in [3.05, 3.63) is 80.6 Å². The Balaban J connectivity index is 1.87. The standard InChI is InChI=1S/C20H17ClF3N3O2/c21-14-5-6-17-15(7-14)18(28)16(19(25)29)10-27(17)9-13-3-1-12(2-4-13)8-26-11-20(22,23)24/h1-7,10,26H,8-9,11H2,(H2,25,29). The van der Waals surface area contributed by atoms with Gasteiger partial charge in [0.05, 0.1) is 12.1 Å². The number of halogens is 4. The molecule has 5 nitrogen and oxygen atoms in total. The maximum absolute atomic E-state index is 12.5. The second-order valence-corrected chi connectivity index (χ2v) is 7.00. The Morgan fingerprint density at radius 2 is 1.76 bits per heavy atom. The molecular weight excluding hydrogens is 407 g/mol. The van der Waals surface area contributed by atoms with Crippen molar-refractivity contribution < 1.29 is 18.0 Å². The third-order valence-electron chi connectivity index (χ3n) is 4.34. The van der Waals surface area contributed by atoms with Gasteiger partial charge in [0.1, 0.15) is 5.56 Å². The predicted molar refractivity (Wildman–Crippen MR) is 105 cm³/mol. The molecule has 0 saturated carbocycles. The quantitative estimate of drug-likeness (QED) is 0.637. The van der Waals surface area contributed by atoms with Gasteiger partial charge in [-0.2, -0.15) is 13.2 Å². The Morgan fingerprint density at radius 3 is 2.38 bits per heavy atom. The Hall–Kier alpha value is -2.84. The summed E-state index contributed by atoms with van der Waals surface area (Å²) in [6.45, 7) is -0.642. The van der Waals surface area contributed by atoms with E-state index in [1.165, 1.54) is 12.3 Å². The number of hydrogen-bond donors (Lipinski definition) is 2. The molecule has 152 valence electrons. The maximum atomic E-state index is 12.5. The van der Waals surface area contributed by atoms with Crippen LogP contribution in [0.4, 0.5) is 13.2 Å². The van der Waals surface area contributed by atoms with Gasteiger partial charge >= 0.3 is 6.18 Å². The summed E-state index contributed by atoms with van der Waals surface area (Å²) >= 11 is 5.98. The number of fused-ring (bicyclic) bond motifs is 1. The smallest absolute Gasteiger partial charge is 0.365 e. The third-order valence-corrected chi connectivity index (χ3v) is 4.57. The number of pyridine rings is 1. The first kappa shape index (κ1) is 20.9. The minimum atomic E-state index is -4.26. The molecule has 1 amide bonds. The van der Waals surface area contributed by atoms with E-state index in [0.29, 0.717) is 22.6 Å². The molecule has 0 bridgehead atoms. The molecule has 0 spiro atoms. The molecule has 0 aliphatic heterocycles. The van der Waals surface area contributed by atoms with E-state index in [0.717, 1.165) is 5.56 Å². The first-order valence-corrected chi connectivity index (χ1v) is 8.99. The molecule has 9 heteroatoms. The van der Waals surface area contributed by atoms with E-state index in [1.807, 2.05) is 0 Å². The Bertz CT molecular complexity index is 1110. The highest BCUT2D eigenvalue weighted by Crippen LogP contribution is 2.19. The van der Waals surface area contributed by atoms with Crippen LogP contribution in [0.25, 0.3) is 10.9 Å². The van der Waals surface area contributed by atoms with Crippen LogP contribution in [0, 0.1) is 0 Å². The Labute approximate surface area is 168 Å². The highest BCUT2D eigenvalue weighted by atomic mass is 35.5. The lowest BCUT2D eigenvalue weighted by atomic mass is 10.1. The number of aromatic nitrogens is 1. The molecule has 0 fully saturated rings. The number of amides is 1. The number of carbonyl (C=O) groups excluding carboxylic acids is 1. The van der Waals surface area contributed by atoms with Gasteiger partial charge in [0.15, 0.2) is 0 Å². The fourth-order valence-electron chi connectivity index (χ4n) is 2.98. The van der Waals surface area contributed by atoms with Crippen LogP contribution in [0.15, 0.2) is 53.5 Å². The summed E-state index contributed by atoms with van der Waals surface area (Å²) in [5.41, 5.74) is 6.81. The van der Waals surface area contributed by atoms with Crippen LogP contribution < -0.4 is 16.5 Å². The zero-order chi connectivity index (χ0) is 21.2. The summed E-state index contributed by atoms with van der Waals surface area (Å²) in [4.78, 5) is 24.1. The van der Waals surface area contributed by atoms with Gasteiger partial charge < -0.3 is 15.6 Å². The number of alkyl halides is 3. The zero-order valence-electron chi connectivity index (χ0n) is 15.1. The van der Waals surface area contributed by atoms with Crippen molar-refractivity contribution in [1.82, 2.24) is 9.88 Å². The van der Waals surface area contributed by atoms with Crippen molar-refractivity contribution in [2.24, 2.45) is 5.73 Å². The number of nitrogens with one attached hydrogen (secondary N) is 1. The summed E-state index contributed by atoms with van der Waals surface area (Å²) in [6, 6.07) is 11.8. The van der Waals surface area contributed by atoms with E-state index in [4.69, 9.17) is 17.3 Å². The molecule has 29 heavy (non-hydrogen) atoms. The van der Waals surface area contributed by atoms with Crippen LogP contribution in [-0.4, -0.2) is 23.2 Å². The minimum absolute atomic E-state index is 0.0884. The van der Waals surface area contributed by atoms with Crippen LogP contribution in [0.1, 0.15) is 21.5 Å². The van der Waals surface area contributed by atoms with E-state index in [9.17, 15) is 22.8 Å². The number of benzene rings is 2. The van der Waals surface area contributed by atoms with Gasteiger partial charge in [-0.25, -0.2) is 0 Å². The molecule has 0 unspecified atom stereocenters. The summed E-state index contributed by atoms with van der Waals surface area (Å²) in [7, 11) is 0. The van der Waals surface area contributed by atoms with Crippen LogP contribution in [0.2, 0.25) is 5.02 Å².